The molecule has 4 heteroatoms. The number of esters is 1. The Morgan fingerprint density at radius 3 is 2.85 bits per heavy atom. The summed E-state index contributed by atoms with van der Waals surface area (Å²) in [7, 11) is 0. The molecule has 0 spiro atoms. The van der Waals surface area contributed by atoms with E-state index in [1.807, 2.05) is 24.3 Å². The number of H-pyrrole nitrogens is 1. The zero-order chi connectivity index (χ0) is 14.4. The Morgan fingerprint density at radius 1 is 1.35 bits per heavy atom. The van der Waals surface area contributed by atoms with Crippen molar-refractivity contribution in [3.8, 4) is 0 Å². The van der Waals surface area contributed by atoms with Crippen molar-refractivity contribution >= 4 is 17.0 Å². The Kier molecular flexibility index (Phi) is 5.16. The molecule has 1 unspecified atom stereocenters. The molecule has 0 aliphatic carbocycles. The third kappa shape index (κ3) is 3.59. The maximum absolute atomic E-state index is 12.0. The van der Waals surface area contributed by atoms with Crippen LogP contribution in [0.1, 0.15) is 50.1 Å². The standard InChI is InChI=1S/C16H22N2O2/c1-3-5-8-12(4-2)11-20-16(19)15-17-13-9-6-7-10-14(13)18-15/h6-7,9-10,12H,3-5,8,11H2,1-2H3,(H,17,18). The summed E-state index contributed by atoms with van der Waals surface area (Å²) in [6, 6.07) is 7.58. The number of hydrogen-bond donors (Lipinski definition) is 1. The zero-order valence-corrected chi connectivity index (χ0v) is 12.2. The Morgan fingerprint density at radius 2 is 2.15 bits per heavy atom. The van der Waals surface area contributed by atoms with Crippen LogP contribution in [0.25, 0.3) is 11.0 Å². The number of para-hydroxylation sites is 2. The van der Waals surface area contributed by atoms with Crippen molar-refractivity contribution in [2.24, 2.45) is 5.92 Å². The first kappa shape index (κ1) is 14.6. The van der Waals surface area contributed by atoms with Crippen molar-refractivity contribution in [2.45, 2.75) is 39.5 Å². The van der Waals surface area contributed by atoms with Crippen molar-refractivity contribution < 1.29 is 9.53 Å². The second kappa shape index (κ2) is 7.08. The van der Waals surface area contributed by atoms with Gasteiger partial charge in [-0.2, -0.15) is 0 Å². The maximum Gasteiger partial charge on any atom is 0.374 e. The first-order chi connectivity index (χ1) is 9.74. The molecule has 2 rings (SSSR count). The van der Waals surface area contributed by atoms with Crippen LogP contribution in [0.2, 0.25) is 0 Å². The molecule has 1 aromatic heterocycles. The fourth-order valence-corrected chi connectivity index (χ4v) is 2.21. The molecule has 0 aliphatic heterocycles. The van der Waals surface area contributed by atoms with E-state index in [1.54, 1.807) is 0 Å². The highest BCUT2D eigenvalue weighted by Gasteiger charge is 2.15. The van der Waals surface area contributed by atoms with Gasteiger partial charge in [-0.25, -0.2) is 9.78 Å². The molecule has 0 aliphatic rings. The fourth-order valence-electron chi connectivity index (χ4n) is 2.21. The Bertz CT molecular complexity index is 529. The van der Waals surface area contributed by atoms with Gasteiger partial charge in [-0.3, -0.25) is 0 Å². The van der Waals surface area contributed by atoms with Gasteiger partial charge in [0.05, 0.1) is 17.6 Å². The summed E-state index contributed by atoms with van der Waals surface area (Å²) in [5.74, 6) is 0.371. The number of ether oxygens (including phenoxy) is 1. The minimum Gasteiger partial charge on any atom is -0.460 e. The number of unbranched alkanes of at least 4 members (excludes halogenated alkanes) is 1. The van der Waals surface area contributed by atoms with Crippen LogP contribution in [0.4, 0.5) is 0 Å². The molecule has 20 heavy (non-hydrogen) atoms. The molecule has 1 aromatic carbocycles. The van der Waals surface area contributed by atoms with E-state index in [4.69, 9.17) is 4.74 Å². The largest absolute Gasteiger partial charge is 0.460 e. The predicted molar refractivity (Wildman–Crippen MR) is 79.7 cm³/mol. The van der Waals surface area contributed by atoms with Crippen molar-refractivity contribution in [3.05, 3.63) is 30.1 Å². The fraction of sp³-hybridized carbons (Fsp3) is 0.500. The predicted octanol–water partition coefficient (Wildman–Crippen LogP) is 3.94. The number of fused-ring (bicyclic) bond motifs is 1. The number of carbonyl (C=O) groups excluding carboxylic acids is 1. The molecule has 108 valence electrons. The normalized spacial score (nSPS) is 12.5. The molecule has 4 nitrogen and oxygen atoms in total. The molecule has 1 heterocycles. The molecule has 0 radical (unpaired) electrons. The minimum atomic E-state index is -0.365. The summed E-state index contributed by atoms with van der Waals surface area (Å²) in [5, 5.41) is 0. The lowest BCUT2D eigenvalue weighted by Gasteiger charge is -2.13. The highest BCUT2D eigenvalue weighted by Crippen LogP contribution is 2.15. The van der Waals surface area contributed by atoms with Gasteiger partial charge in [0, 0.05) is 0 Å². The molecule has 2 aromatic rings. The van der Waals surface area contributed by atoms with Crippen molar-refractivity contribution in [2.75, 3.05) is 6.61 Å². The van der Waals surface area contributed by atoms with Gasteiger partial charge in [0.1, 0.15) is 0 Å². The van der Waals surface area contributed by atoms with Gasteiger partial charge < -0.3 is 9.72 Å². The van der Waals surface area contributed by atoms with Crippen LogP contribution in [-0.4, -0.2) is 22.5 Å². The average Bonchev–Trinajstić information content (AvgIpc) is 2.91. The topological polar surface area (TPSA) is 55.0 Å². The van der Waals surface area contributed by atoms with Crippen molar-refractivity contribution in [3.63, 3.8) is 0 Å². The molecule has 1 N–H and O–H groups in total. The number of hydrogen-bond acceptors (Lipinski definition) is 3. The number of imidazole rings is 1. The molecular formula is C16H22N2O2. The van der Waals surface area contributed by atoms with Gasteiger partial charge in [-0.05, 0) is 24.5 Å². The number of nitrogens with one attached hydrogen (secondary N) is 1. The summed E-state index contributed by atoms with van der Waals surface area (Å²) in [4.78, 5) is 19.2. The minimum absolute atomic E-state index is 0.288. The quantitative estimate of drug-likeness (QED) is 0.778. The Labute approximate surface area is 119 Å². The first-order valence-electron chi connectivity index (χ1n) is 7.36. The van der Waals surface area contributed by atoms with E-state index in [2.05, 4.69) is 23.8 Å². The maximum atomic E-state index is 12.0. The van der Waals surface area contributed by atoms with Crippen LogP contribution < -0.4 is 0 Å². The van der Waals surface area contributed by atoms with Crippen molar-refractivity contribution in [1.82, 2.24) is 9.97 Å². The smallest absolute Gasteiger partial charge is 0.374 e. The summed E-state index contributed by atoms with van der Waals surface area (Å²) in [6.07, 6.45) is 4.50. The lowest BCUT2D eigenvalue weighted by molar-refractivity contribution is 0.0415. The molecule has 1 atom stereocenters. The number of rotatable bonds is 7. The summed E-state index contributed by atoms with van der Waals surface area (Å²) in [6.45, 7) is 4.79. The Hall–Kier alpha value is -1.84. The monoisotopic (exact) mass is 274 g/mol. The van der Waals surface area contributed by atoms with Crippen LogP contribution in [-0.2, 0) is 4.74 Å². The molecule has 0 bridgehead atoms. The zero-order valence-electron chi connectivity index (χ0n) is 12.2. The van der Waals surface area contributed by atoms with Gasteiger partial charge in [0.15, 0.2) is 0 Å². The summed E-state index contributed by atoms with van der Waals surface area (Å²) >= 11 is 0. The van der Waals surface area contributed by atoms with Crippen LogP contribution >= 0.6 is 0 Å². The molecule has 0 amide bonds. The lowest BCUT2D eigenvalue weighted by Crippen LogP contribution is -2.15. The number of carbonyl (C=O) groups is 1. The van der Waals surface area contributed by atoms with Crippen molar-refractivity contribution in [1.29, 1.82) is 0 Å². The highest BCUT2D eigenvalue weighted by atomic mass is 16.5. The van der Waals surface area contributed by atoms with Gasteiger partial charge in [0.25, 0.3) is 0 Å². The highest BCUT2D eigenvalue weighted by molar-refractivity contribution is 5.90. The van der Waals surface area contributed by atoms with Crippen LogP contribution in [0.5, 0.6) is 0 Å². The number of aromatic amines is 1. The first-order valence-corrected chi connectivity index (χ1v) is 7.36. The van der Waals surface area contributed by atoms with E-state index >= 15 is 0 Å². The van der Waals surface area contributed by atoms with E-state index < -0.39 is 0 Å². The molecule has 0 fully saturated rings. The van der Waals surface area contributed by atoms with E-state index in [0.717, 1.165) is 23.9 Å². The average molecular weight is 274 g/mol. The molecular weight excluding hydrogens is 252 g/mol. The second-order valence-corrected chi connectivity index (χ2v) is 5.12. The second-order valence-electron chi connectivity index (χ2n) is 5.12. The third-order valence-electron chi connectivity index (χ3n) is 3.58. The van der Waals surface area contributed by atoms with E-state index in [-0.39, 0.29) is 11.8 Å². The van der Waals surface area contributed by atoms with E-state index in [1.165, 1.54) is 12.8 Å². The summed E-state index contributed by atoms with van der Waals surface area (Å²) in [5.41, 5.74) is 1.65. The molecule has 0 saturated carbocycles. The Balaban J connectivity index is 1.94. The third-order valence-corrected chi connectivity index (χ3v) is 3.58. The van der Waals surface area contributed by atoms with Crippen LogP contribution in [0, 0.1) is 5.92 Å². The SMILES string of the molecule is CCCCC(CC)COC(=O)c1nc2ccccc2[nH]1. The van der Waals surface area contributed by atoms with Crippen LogP contribution in [0.3, 0.4) is 0 Å². The van der Waals surface area contributed by atoms with Gasteiger partial charge in [0.2, 0.25) is 5.82 Å². The van der Waals surface area contributed by atoms with Gasteiger partial charge in [-0.15, -0.1) is 0 Å². The number of nitrogens with zero attached hydrogens (tertiary/aromatic N) is 1. The van der Waals surface area contributed by atoms with Gasteiger partial charge >= 0.3 is 5.97 Å². The lowest BCUT2D eigenvalue weighted by atomic mass is 10.0. The van der Waals surface area contributed by atoms with Crippen LogP contribution in [0.15, 0.2) is 24.3 Å². The van der Waals surface area contributed by atoms with E-state index in [9.17, 15) is 4.79 Å². The number of benzene rings is 1. The van der Waals surface area contributed by atoms with E-state index in [0.29, 0.717) is 12.5 Å². The summed E-state index contributed by atoms with van der Waals surface area (Å²) < 4.78 is 5.38. The molecule has 0 saturated heterocycles. The number of aromatic nitrogens is 2. The van der Waals surface area contributed by atoms with Gasteiger partial charge in [-0.1, -0.05) is 45.2 Å².